The summed E-state index contributed by atoms with van der Waals surface area (Å²) >= 11 is 5.92. The number of hydrogen-bond acceptors (Lipinski definition) is 3. The molecule has 1 heterocycles. The molecule has 0 saturated carbocycles. The van der Waals surface area contributed by atoms with Crippen LogP contribution >= 0.6 is 11.6 Å². The van der Waals surface area contributed by atoms with Gasteiger partial charge < -0.3 is 5.32 Å². The van der Waals surface area contributed by atoms with Crippen molar-refractivity contribution in [2.45, 2.75) is 0 Å². The second kappa shape index (κ2) is 5.46. The third-order valence-electron chi connectivity index (χ3n) is 2.31. The number of carbonyl (C=O) groups excluding carboxylic acids is 1. The minimum atomic E-state index is -0.599. The number of halogens is 2. The van der Waals surface area contributed by atoms with Gasteiger partial charge in [-0.3, -0.25) is 9.78 Å². The summed E-state index contributed by atoms with van der Waals surface area (Å²) < 4.78 is 12.9. The number of hydrogen-bond donors (Lipinski definition) is 1. The average Bonchev–Trinajstić information content (AvgIpc) is 2.41. The second-order valence-electron chi connectivity index (χ2n) is 3.65. The molecule has 2 aromatic rings. The van der Waals surface area contributed by atoms with Gasteiger partial charge in [0.2, 0.25) is 0 Å². The molecule has 1 aromatic carbocycles. The van der Waals surface area contributed by atoms with Crippen LogP contribution in [0.5, 0.6) is 0 Å². The molecule has 0 aliphatic carbocycles. The van der Waals surface area contributed by atoms with Gasteiger partial charge in [0.1, 0.15) is 5.82 Å². The van der Waals surface area contributed by atoms with Crippen molar-refractivity contribution in [3.05, 3.63) is 58.6 Å². The smallest absolute Gasteiger partial charge is 0.257 e. The van der Waals surface area contributed by atoms with Crippen molar-refractivity contribution >= 4 is 23.2 Å². The Morgan fingerprint density at radius 3 is 2.79 bits per heavy atom. The fourth-order valence-corrected chi connectivity index (χ4v) is 1.64. The fourth-order valence-electron chi connectivity index (χ4n) is 1.42. The van der Waals surface area contributed by atoms with Crippen molar-refractivity contribution in [2.75, 3.05) is 5.32 Å². The van der Waals surface area contributed by atoms with E-state index in [9.17, 15) is 9.18 Å². The van der Waals surface area contributed by atoms with Crippen LogP contribution < -0.4 is 5.32 Å². The minimum Gasteiger partial charge on any atom is -0.321 e. The van der Waals surface area contributed by atoms with E-state index in [1.807, 2.05) is 6.07 Å². The van der Waals surface area contributed by atoms with Crippen LogP contribution in [0.2, 0.25) is 5.02 Å². The first-order chi connectivity index (χ1) is 9.10. The van der Waals surface area contributed by atoms with Gasteiger partial charge in [-0.1, -0.05) is 11.6 Å². The Hall–Kier alpha value is -2.45. The quantitative estimate of drug-likeness (QED) is 0.916. The molecular weight excluding hydrogens is 269 g/mol. The molecule has 0 aliphatic rings. The minimum absolute atomic E-state index is 0.0837. The van der Waals surface area contributed by atoms with E-state index in [0.29, 0.717) is 11.3 Å². The highest BCUT2D eigenvalue weighted by Crippen LogP contribution is 2.23. The van der Waals surface area contributed by atoms with Gasteiger partial charge in [-0.15, -0.1) is 0 Å². The van der Waals surface area contributed by atoms with E-state index in [0.717, 1.165) is 12.3 Å². The molecule has 94 valence electrons. The molecule has 1 amide bonds. The summed E-state index contributed by atoms with van der Waals surface area (Å²) in [7, 11) is 0. The molecule has 1 N–H and O–H groups in total. The van der Waals surface area contributed by atoms with E-state index in [4.69, 9.17) is 16.9 Å². The van der Waals surface area contributed by atoms with Crippen LogP contribution in [-0.2, 0) is 0 Å². The standard InChI is InChI=1S/C13H7ClFN3O/c14-11-3-8(5-16)1-2-12(11)18-13(19)9-4-10(15)7-17-6-9/h1-4,6-7H,(H,18,19). The van der Waals surface area contributed by atoms with E-state index in [-0.39, 0.29) is 10.6 Å². The highest BCUT2D eigenvalue weighted by atomic mass is 35.5. The molecule has 0 unspecified atom stereocenters. The number of amides is 1. The van der Waals surface area contributed by atoms with Crippen molar-refractivity contribution in [2.24, 2.45) is 0 Å². The largest absolute Gasteiger partial charge is 0.321 e. The molecule has 0 aliphatic heterocycles. The van der Waals surface area contributed by atoms with Gasteiger partial charge in [0.15, 0.2) is 0 Å². The van der Waals surface area contributed by atoms with Gasteiger partial charge in [-0.05, 0) is 24.3 Å². The third-order valence-corrected chi connectivity index (χ3v) is 2.63. The lowest BCUT2D eigenvalue weighted by Gasteiger charge is -2.07. The number of benzene rings is 1. The number of carbonyl (C=O) groups is 1. The normalized spacial score (nSPS) is 9.74. The van der Waals surface area contributed by atoms with Gasteiger partial charge in [0.25, 0.3) is 5.91 Å². The van der Waals surface area contributed by atoms with Gasteiger partial charge in [0.05, 0.1) is 34.1 Å². The first kappa shape index (κ1) is 13.0. The zero-order chi connectivity index (χ0) is 13.8. The molecule has 6 heteroatoms. The van der Waals surface area contributed by atoms with Crippen LogP contribution in [-0.4, -0.2) is 10.9 Å². The summed E-state index contributed by atoms with van der Waals surface area (Å²) in [4.78, 5) is 15.4. The van der Waals surface area contributed by atoms with E-state index in [1.165, 1.54) is 24.4 Å². The molecule has 4 nitrogen and oxygen atoms in total. The molecule has 0 radical (unpaired) electrons. The van der Waals surface area contributed by atoms with Crippen molar-refractivity contribution in [3.8, 4) is 6.07 Å². The van der Waals surface area contributed by atoms with E-state index in [1.54, 1.807) is 0 Å². The first-order valence-electron chi connectivity index (χ1n) is 5.21. The van der Waals surface area contributed by atoms with Gasteiger partial charge in [0, 0.05) is 6.20 Å². The molecule has 0 fully saturated rings. The van der Waals surface area contributed by atoms with Crippen LogP contribution in [0.3, 0.4) is 0 Å². The van der Waals surface area contributed by atoms with E-state index in [2.05, 4.69) is 10.3 Å². The van der Waals surface area contributed by atoms with Crippen molar-refractivity contribution in [1.82, 2.24) is 4.98 Å². The highest BCUT2D eigenvalue weighted by molar-refractivity contribution is 6.34. The molecule has 1 aromatic heterocycles. The maximum absolute atomic E-state index is 12.9. The van der Waals surface area contributed by atoms with Crippen LogP contribution in [0.15, 0.2) is 36.7 Å². The number of rotatable bonds is 2. The Morgan fingerprint density at radius 2 is 2.16 bits per heavy atom. The van der Waals surface area contributed by atoms with E-state index >= 15 is 0 Å². The lowest BCUT2D eigenvalue weighted by atomic mass is 10.2. The average molecular weight is 276 g/mol. The zero-order valence-corrected chi connectivity index (χ0v) is 10.3. The van der Waals surface area contributed by atoms with Gasteiger partial charge in [-0.25, -0.2) is 4.39 Å². The molecule has 0 atom stereocenters. The van der Waals surface area contributed by atoms with Crippen LogP contribution in [0.4, 0.5) is 10.1 Å². The van der Waals surface area contributed by atoms with E-state index < -0.39 is 11.7 Å². The Balaban J connectivity index is 2.22. The van der Waals surface area contributed by atoms with Crippen LogP contribution in [0.25, 0.3) is 0 Å². The molecule has 0 saturated heterocycles. The maximum atomic E-state index is 12.9. The summed E-state index contributed by atoms with van der Waals surface area (Å²) in [6.45, 7) is 0. The van der Waals surface area contributed by atoms with Crippen LogP contribution in [0.1, 0.15) is 15.9 Å². The topological polar surface area (TPSA) is 65.8 Å². The van der Waals surface area contributed by atoms with Gasteiger partial charge in [-0.2, -0.15) is 5.26 Å². The molecule has 19 heavy (non-hydrogen) atoms. The Morgan fingerprint density at radius 1 is 1.37 bits per heavy atom. The van der Waals surface area contributed by atoms with Crippen molar-refractivity contribution < 1.29 is 9.18 Å². The third kappa shape index (κ3) is 3.06. The Kier molecular flexibility index (Phi) is 3.74. The number of nitrogens with zero attached hydrogens (tertiary/aromatic N) is 2. The first-order valence-corrected chi connectivity index (χ1v) is 5.59. The molecule has 0 bridgehead atoms. The fraction of sp³-hybridized carbons (Fsp3) is 0. The van der Waals surface area contributed by atoms with Gasteiger partial charge >= 0.3 is 0 Å². The SMILES string of the molecule is N#Cc1ccc(NC(=O)c2cncc(F)c2)c(Cl)c1. The second-order valence-corrected chi connectivity index (χ2v) is 4.06. The molecule has 0 spiro atoms. The number of aromatic nitrogens is 1. The Labute approximate surface area is 113 Å². The Bertz CT molecular complexity index is 682. The number of anilines is 1. The summed E-state index contributed by atoms with van der Waals surface area (Å²) in [6.07, 6.45) is 2.25. The highest BCUT2D eigenvalue weighted by Gasteiger charge is 2.10. The summed E-state index contributed by atoms with van der Waals surface area (Å²) in [5, 5.41) is 11.4. The van der Waals surface area contributed by atoms with Crippen molar-refractivity contribution in [3.63, 3.8) is 0 Å². The zero-order valence-electron chi connectivity index (χ0n) is 9.52. The lowest BCUT2D eigenvalue weighted by molar-refractivity contribution is 0.102. The lowest BCUT2D eigenvalue weighted by Crippen LogP contribution is -2.12. The number of nitriles is 1. The van der Waals surface area contributed by atoms with Crippen molar-refractivity contribution in [1.29, 1.82) is 5.26 Å². The summed E-state index contributed by atoms with van der Waals surface area (Å²) in [6, 6.07) is 7.46. The predicted molar refractivity (Wildman–Crippen MR) is 68.3 cm³/mol. The maximum Gasteiger partial charge on any atom is 0.257 e. The monoisotopic (exact) mass is 275 g/mol. The summed E-state index contributed by atoms with van der Waals surface area (Å²) in [5.74, 6) is -1.13. The number of pyridine rings is 1. The predicted octanol–water partition coefficient (Wildman–Crippen LogP) is 3.00. The number of nitrogens with one attached hydrogen (secondary N) is 1. The summed E-state index contributed by atoms with van der Waals surface area (Å²) in [5.41, 5.74) is 0.811. The molecule has 2 rings (SSSR count). The van der Waals surface area contributed by atoms with Crippen LogP contribution in [0, 0.1) is 17.1 Å². The molecular formula is C13H7ClFN3O.